The van der Waals surface area contributed by atoms with Crippen LogP contribution >= 0.6 is 15.9 Å². The molecule has 0 heterocycles. The largest absolute Gasteiger partial charge is 0.204 e. The van der Waals surface area contributed by atoms with Gasteiger partial charge in [-0.3, -0.25) is 0 Å². The predicted molar refractivity (Wildman–Crippen MR) is 55.6 cm³/mol. The third-order valence-electron chi connectivity index (χ3n) is 2.87. The highest BCUT2D eigenvalue weighted by Crippen LogP contribution is 2.39. The molecule has 4 heteroatoms. The molecule has 0 spiro atoms. The van der Waals surface area contributed by atoms with Gasteiger partial charge in [-0.05, 0) is 36.8 Å². The standard InChI is InChI=1S/C11H10BrF3/c12-7-2-1-6(5-7)8-3-4-9(13)11(15)10(8)14/h3-4,6-7H,1-2,5H2. The number of rotatable bonds is 1. The first kappa shape index (κ1) is 11.0. The number of alkyl halides is 1. The first-order valence-electron chi connectivity index (χ1n) is 4.87. The van der Waals surface area contributed by atoms with Crippen LogP contribution in [0.1, 0.15) is 30.7 Å². The molecule has 0 saturated heterocycles. The van der Waals surface area contributed by atoms with Crippen molar-refractivity contribution in [2.45, 2.75) is 30.0 Å². The van der Waals surface area contributed by atoms with Crippen molar-refractivity contribution < 1.29 is 13.2 Å². The van der Waals surface area contributed by atoms with Crippen molar-refractivity contribution >= 4 is 15.9 Å². The molecule has 1 aromatic rings. The van der Waals surface area contributed by atoms with Gasteiger partial charge in [0, 0.05) is 4.83 Å². The minimum absolute atomic E-state index is 0.00414. The van der Waals surface area contributed by atoms with Crippen LogP contribution in [0.25, 0.3) is 0 Å². The fourth-order valence-corrected chi connectivity index (χ4v) is 2.78. The van der Waals surface area contributed by atoms with Gasteiger partial charge in [0.15, 0.2) is 17.5 Å². The van der Waals surface area contributed by atoms with Gasteiger partial charge in [0.1, 0.15) is 0 Å². The van der Waals surface area contributed by atoms with Crippen molar-refractivity contribution in [1.29, 1.82) is 0 Å². The van der Waals surface area contributed by atoms with Gasteiger partial charge < -0.3 is 0 Å². The summed E-state index contributed by atoms with van der Waals surface area (Å²) in [5.41, 5.74) is 0.302. The third kappa shape index (κ3) is 2.05. The number of benzene rings is 1. The van der Waals surface area contributed by atoms with Crippen LogP contribution in [0.3, 0.4) is 0 Å². The van der Waals surface area contributed by atoms with Crippen LogP contribution in [0, 0.1) is 17.5 Å². The van der Waals surface area contributed by atoms with Gasteiger partial charge in [-0.1, -0.05) is 22.0 Å². The fraction of sp³-hybridized carbons (Fsp3) is 0.455. The van der Waals surface area contributed by atoms with Crippen molar-refractivity contribution in [3.05, 3.63) is 35.1 Å². The van der Waals surface area contributed by atoms with Crippen LogP contribution in [0.4, 0.5) is 13.2 Å². The normalized spacial score (nSPS) is 25.9. The summed E-state index contributed by atoms with van der Waals surface area (Å²) >= 11 is 3.44. The predicted octanol–water partition coefficient (Wildman–Crippen LogP) is 4.13. The third-order valence-corrected chi connectivity index (χ3v) is 3.71. The molecule has 1 saturated carbocycles. The van der Waals surface area contributed by atoms with E-state index in [2.05, 4.69) is 15.9 Å². The lowest BCUT2D eigenvalue weighted by molar-refractivity contribution is 0.435. The number of hydrogen-bond acceptors (Lipinski definition) is 0. The average molecular weight is 279 g/mol. The molecular formula is C11H10BrF3. The topological polar surface area (TPSA) is 0 Å². The van der Waals surface area contributed by atoms with Gasteiger partial charge in [-0.2, -0.15) is 0 Å². The lowest BCUT2D eigenvalue weighted by atomic mass is 9.97. The maximum absolute atomic E-state index is 13.4. The zero-order valence-corrected chi connectivity index (χ0v) is 9.53. The van der Waals surface area contributed by atoms with Gasteiger partial charge in [0.2, 0.25) is 0 Å². The zero-order chi connectivity index (χ0) is 11.0. The SMILES string of the molecule is Fc1ccc(C2CCC(Br)C2)c(F)c1F. The Morgan fingerprint density at radius 3 is 2.40 bits per heavy atom. The average Bonchev–Trinajstić information content (AvgIpc) is 2.61. The van der Waals surface area contributed by atoms with Gasteiger partial charge in [0.05, 0.1) is 0 Å². The number of halogens is 4. The Morgan fingerprint density at radius 2 is 1.80 bits per heavy atom. The highest BCUT2D eigenvalue weighted by Gasteiger charge is 2.27. The van der Waals surface area contributed by atoms with Crippen LogP contribution in [-0.4, -0.2) is 4.83 Å². The van der Waals surface area contributed by atoms with Gasteiger partial charge in [0.25, 0.3) is 0 Å². The molecule has 1 aliphatic rings. The summed E-state index contributed by atoms with van der Waals surface area (Å²) in [5, 5.41) is 0. The summed E-state index contributed by atoms with van der Waals surface area (Å²) in [4.78, 5) is 0.356. The Balaban J connectivity index is 2.33. The Bertz CT molecular complexity index is 378. The fourth-order valence-electron chi connectivity index (χ4n) is 2.07. The number of hydrogen-bond donors (Lipinski definition) is 0. The zero-order valence-electron chi connectivity index (χ0n) is 7.94. The Labute approximate surface area is 94.6 Å². The van der Waals surface area contributed by atoms with Crippen molar-refractivity contribution in [1.82, 2.24) is 0 Å². The summed E-state index contributed by atoms with van der Waals surface area (Å²) in [5.74, 6) is -3.50. The monoisotopic (exact) mass is 278 g/mol. The summed E-state index contributed by atoms with van der Waals surface area (Å²) < 4.78 is 39.1. The Hall–Kier alpha value is -0.510. The molecule has 1 fully saturated rings. The van der Waals surface area contributed by atoms with Crippen LogP contribution < -0.4 is 0 Å². The first-order valence-corrected chi connectivity index (χ1v) is 5.78. The molecule has 1 aromatic carbocycles. The van der Waals surface area contributed by atoms with E-state index in [9.17, 15) is 13.2 Å². The lowest BCUT2D eigenvalue weighted by Gasteiger charge is -2.11. The van der Waals surface area contributed by atoms with Crippen molar-refractivity contribution in [2.75, 3.05) is 0 Å². The molecule has 15 heavy (non-hydrogen) atoms. The molecule has 1 aliphatic carbocycles. The first-order chi connectivity index (χ1) is 7.09. The van der Waals surface area contributed by atoms with Crippen LogP contribution in [0.5, 0.6) is 0 Å². The molecule has 0 radical (unpaired) electrons. The van der Waals surface area contributed by atoms with E-state index in [0.717, 1.165) is 25.3 Å². The molecule has 0 aliphatic heterocycles. The smallest absolute Gasteiger partial charge is 0.194 e. The minimum atomic E-state index is -1.36. The summed E-state index contributed by atoms with van der Waals surface area (Å²) in [6.45, 7) is 0. The molecule has 2 rings (SSSR count). The van der Waals surface area contributed by atoms with E-state index in [0.29, 0.717) is 10.4 Å². The second kappa shape index (κ2) is 4.16. The van der Waals surface area contributed by atoms with E-state index in [-0.39, 0.29) is 5.92 Å². The van der Waals surface area contributed by atoms with Gasteiger partial charge in [-0.25, -0.2) is 13.2 Å². The minimum Gasteiger partial charge on any atom is -0.204 e. The van der Waals surface area contributed by atoms with Crippen molar-refractivity contribution in [3.63, 3.8) is 0 Å². The summed E-state index contributed by atoms with van der Waals surface area (Å²) in [6, 6.07) is 2.35. The van der Waals surface area contributed by atoms with Gasteiger partial charge in [-0.15, -0.1) is 0 Å². The second-order valence-electron chi connectivity index (χ2n) is 3.87. The molecule has 0 bridgehead atoms. The van der Waals surface area contributed by atoms with Crippen LogP contribution in [0.2, 0.25) is 0 Å². The molecule has 0 amide bonds. The highest BCUT2D eigenvalue weighted by molar-refractivity contribution is 9.09. The van der Waals surface area contributed by atoms with E-state index >= 15 is 0 Å². The molecule has 0 nitrogen and oxygen atoms in total. The van der Waals surface area contributed by atoms with Crippen LogP contribution in [0.15, 0.2) is 12.1 Å². The van der Waals surface area contributed by atoms with Gasteiger partial charge >= 0.3 is 0 Å². The van der Waals surface area contributed by atoms with E-state index in [1.54, 1.807) is 0 Å². The van der Waals surface area contributed by atoms with E-state index in [1.165, 1.54) is 6.07 Å². The maximum Gasteiger partial charge on any atom is 0.194 e. The quantitative estimate of drug-likeness (QED) is 0.535. The molecule has 2 unspecified atom stereocenters. The van der Waals surface area contributed by atoms with E-state index in [1.807, 2.05) is 0 Å². The molecule has 0 aromatic heterocycles. The molecule has 2 atom stereocenters. The molecule has 82 valence electrons. The second-order valence-corrected chi connectivity index (χ2v) is 5.17. The Kier molecular flexibility index (Phi) is 3.05. The van der Waals surface area contributed by atoms with Crippen molar-refractivity contribution in [2.24, 2.45) is 0 Å². The van der Waals surface area contributed by atoms with Crippen molar-refractivity contribution in [3.8, 4) is 0 Å². The molecule has 0 N–H and O–H groups in total. The van der Waals surface area contributed by atoms with Crippen LogP contribution in [-0.2, 0) is 0 Å². The Morgan fingerprint density at radius 1 is 1.07 bits per heavy atom. The summed E-state index contributed by atoms with van der Waals surface area (Å²) in [7, 11) is 0. The highest BCUT2D eigenvalue weighted by atomic mass is 79.9. The van der Waals surface area contributed by atoms with E-state index in [4.69, 9.17) is 0 Å². The lowest BCUT2D eigenvalue weighted by Crippen LogP contribution is -2.02. The summed E-state index contributed by atoms with van der Waals surface area (Å²) in [6.07, 6.45) is 2.54. The maximum atomic E-state index is 13.4. The van der Waals surface area contributed by atoms with E-state index < -0.39 is 17.5 Å². The molecular weight excluding hydrogens is 269 g/mol.